The molecule has 1 unspecified atom stereocenters. The summed E-state index contributed by atoms with van der Waals surface area (Å²) < 4.78 is 0. The molecule has 0 spiro atoms. The Hall–Kier alpha value is -1.56. The van der Waals surface area contributed by atoms with Crippen molar-refractivity contribution in [3.8, 4) is 11.8 Å². The molecule has 78 valence electrons. The van der Waals surface area contributed by atoms with Gasteiger partial charge in [0.15, 0.2) is 0 Å². The van der Waals surface area contributed by atoms with Gasteiger partial charge in [-0.2, -0.15) is 0 Å². The highest BCUT2D eigenvalue weighted by Gasteiger charge is 2.26. The first kappa shape index (κ1) is 9.97. The number of carbonyl (C=O) groups is 2. The van der Waals surface area contributed by atoms with Gasteiger partial charge in [-0.1, -0.05) is 18.8 Å². The second-order valence-electron chi connectivity index (χ2n) is 3.89. The fourth-order valence-corrected chi connectivity index (χ4v) is 1.93. The zero-order chi connectivity index (χ0) is 10.7. The van der Waals surface area contributed by atoms with Crippen LogP contribution in [0.4, 0.5) is 0 Å². The summed E-state index contributed by atoms with van der Waals surface area (Å²) in [4.78, 5) is 22.4. The molecule has 3 nitrogen and oxygen atoms in total. The fourth-order valence-electron chi connectivity index (χ4n) is 1.93. The predicted octanol–water partition coefficient (Wildman–Crippen LogP) is 1.15. The van der Waals surface area contributed by atoms with Crippen molar-refractivity contribution in [3.63, 3.8) is 0 Å². The van der Waals surface area contributed by atoms with Crippen molar-refractivity contribution in [2.75, 3.05) is 0 Å². The van der Waals surface area contributed by atoms with Gasteiger partial charge in [0.25, 0.3) is 11.8 Å². The Morgan fingerprint density at radius 1 is 1.27 bits per heavy atom. The van der Waals surface area contributed by atoms with Gasteiger partial charge in [0.2, 0.25) is 0 Å². The molecule has 1 aliphatic carbocycles. The van der Waals surface area contributed by atoms with Crippen molar-refractivity contribution in [1.82, 2.24) is 5.32 Å². The number of carbonyl (C=O) groups excluding carboxylic acids is 2. The van der Waals surface area contributed by atoms with Crippen LogP contribution in [-0.4, -0.2) is 11.8 Å². The van der Waals surface area contributed by atoms with Crippen LogP contribution in [0.5, 0.6) is 0 Å². The highest BCUT2D eigenvalue weighted by molar-refractivity contribution is 6.16. The highest BCUT2D eigenvalue weighted by Crippen LogP contribution is 2.22. The standard InChI is InChI=1S/C12H13NO2/c14-11-8-10(12(15)13-11)9-6-4-2-1-3-5-7-9/h8-9H,1-4,6H2,(H,13,14,15). The predicted molar refractivity (Wildman–Crippen MR) is 55.6 cm³/mol. The van der Waals surface area contributed by atoms with Crippen LogP contribution in [0.15, 0.2) is 11.6 Å². The molecule has 0 aromatic heterocycles. The Kier molecular flexibility index (Phi) is 2.86. The van der Waals surface area contributed by atoms with E-state index in [2.05, 4.69) is 17.2 Å². The topological polar surface area (TPSA) is 46.2 Å². The molecule has 3 heteroatoms. The van der Waals surface area contributed by atoms with Gasteiger partial charge in [-0.25, -0.2) is 0 Å². The van der Waals surface area contributed by atoms with E-state index in [1.165, 1.54) is 6.08 Å². The largest absolute Gasteiger partial charge is 0.289 e. The lowest BCUT2D eigenvalue weighted by Crippen LogP contribution is -2.24. The molecule has 2 rings (SSSR count). The molecule has 1 atom stereocenters. The second-order valence-corrected chi connectivity index (χ2v) is 3.89. The Labute approximate surface area is 88.9 Å². The van der Waals surface area contributed by atoms with E-state index in [1.807, 2.05) is 0 Å². The van der Waals surface area contributed by atoms with E-state index in [0.717, 1.165) is 32.1 Å². The van der Waals surface area contributed by atoms with Gasteiger partial charge in [-0.05, 0) is 12.8 Å². The minimum absolute atomic E-state index is 0.0447. The third-order valence-electron chi connectivity index (χ3n) is 2.73. The maximum atomic E-state index is 11.4. The molecule has 2 amide bonds. The molecule has 2 aliphatic rings. The van der Waals surface area contributed by atoms with E-state index in [-0.39, 0.29) is 17.7 Å². The van der Waals surface area contributed by atoms with Crippen LogP contribution in [0.2, 0.25) is 0 Å². The Bertz CT molecular complexity index is 384. The van der Waals surface area contributed by atoms with Crippen molar-refractivity contribution in [3.05, 3.63) is 11.6 Å². The highest BCUT2D eigenvalue weighted by atomic mass is 16.2. The summed E-state index contributed by atoms with van der Waals surface area (Å²) in [5.74, 6) is 5.54. The number of nitrogens with one attached hydrogen (secondary N) is 1. The molecule has 0 bridgehead atoms. The summed E-state index contributed by atoms with van der Waals surface area (Å²) in [7, 11) is 0. The van der Waals surface area contributed by atoms with Crippen molar-refractivity contribution in [2.45, 2.75) is 32.1 Å². The van der Waals surface area contributed by atoms with E-state index in [4.69, 9.17) is 0 Å². The molecule has 0 saturated heterocycles. The Morgan fingerprint density at radius 3 is 2.87 bits per heavy atom. The van der Waals surface area contributed by atoms with E-state index >= 15 is 0 Å². The maximum Gasteiger partial charge on any atom is 0.255 e. The molecule has 15 heavy (non-hydrogen) atoms. The molecule has 0 fully saturated rings. The average molecular weight is 203 g/mol. The molecule has 1 heterocycles. The molecule has 0 radical (unpaired) electrons. The summed E-state index contributed by atoms with van der Waals surface area (Å²) in [6, 6.07) is 0. The van der Waals surface area contributed by atoms with Crippen molar-refractivity contribution in [1.29, 1.82) is 0 Å². The minimum atomic E-state index is -0.307. The quantitative estimate of drug-likeness (QED) is 0.513. The summed E-state index contributed by atoms with van der Waals surface area (Å²) in [6.07, 6.45) is 6.57. The van der Waals surface area contributed by atoms with Crippen molar-refractivity contribution >= 4 is 11.8 Å². The first-order chi connectivity index (χ1) is 7.27. The molecule has 1 aliphatic heterocycles. The van der Waals surface area contributed by atoms with Gasteiger partial charge in [-0.15, -0.1) is 5.92 Å². The summed E-state index contributed by atoms with van der Waals surface area (Å²) in [6.45, 7) is 0. The fraction of sp³-hybridized carbons (Fsp3) is 0.500. The van der Waals surface area contributed by atoms with Crippen LogP contribution in [0, 0.1) is 17.8 Å². The molecular weight excluding hydrogens is 190 g/mol. The van der Waals surface area contributed by atoms with Crippen LogP contribution in [0.25, 0.3) is 0 Å². The zero-order valence-electron chi connectivity index (χ0n) is 8.51. The van der Waals surface area contributed by atoms with Crippen LogP contribution in [0.3, 0.4) is 0 Å². The molecule has 0 aromatic rings. The van der Waals surface area contributed by atoms with Gasteiger partial charge in [-0.3, -0.25) is 14.9 Å². The molecule has 0 aromatic carbocycles. The smallest absolute Gasteiger partial charge is 0.255 e. The molecule has 0 saturated carbocycles. The minimum Gasteiger partial charge on any atom is -0.289 e. The van der Waals surface area contributed by atoms with Crippen molar-refractivity contribution in [2.24, 2.45) is 5.92 Å². The lowest BCUT2D eigenvalue weighted by Gasteiger charge is -2.11. The number of hydrogen-bond donors (Lipinski definition) is 1. The lowest BCUT2D eigenvalue weighted by atomic mass is 9.91. The van der Waals surface area contributed by atoms with E-state index in [0.29, 0.717) is 5.57 Å². The third kappa shape index (κ3) is 2.27. The Morgan fingerprint density at radius 2 is 2.13 bits per heavy atom. The molecular formula is C12H13NO2. The number of rotatable bonds is 1. The number of hydrogen-bond acceptors (Lipinski definition) is 2. The summed E-state index contributed by atoms with van der Waals surface area (Å²) in [5, 5.41) is 2.26. The number of imide groups is 1. The third-order valence-corrected chi connectivity index (χ3v) is 2.73. The van der Waals surface area contributed by atoms with Crippen molar-refractivity contribution < 1.29 is 9.59 Å². The van der Waals surface area contributed by atoms with Crippen LogP contribution in [0.1, 0.15) is 32.1 Å². The van der Waals surface area contributed by atoms with E-state index < -0.39 is 0 Å². The van der Waals surface area contributed by atoms with Gasteiger partial charge in [0.1, 0.15) is 0 Å². The zero-order valence-corrected chi connectivity index (χ0v) is 8.51. The summed E-state index contributed by atoms with van der Waals surface area (Å²) in [5.41, 5.74) is 0.550. The van der Waals surface area contributed by atoms with Crippen LogP contribution in [-0.2, 0) is 9.59 Å². The average Bonchev–Trinajstić information content (AvgIpc) is 2.45. The van der Waals surface area contributed by atoms with E-state index in [9.17, 15) is 9.59 Å². The normalized spacial score (nSPS) is 25.9. The number of amides is 2. The summed E-state index contributed by atoms with van der Waals surface area (Å²) >= 11 is 0. The second kappa shape index (κ2) is 4.31. The first-order valence-corrected chi connectivity index (χ1v) is 5.32. The lowest BCUT2D eigenvalue weighted by molar-refractivity contribution is -0.124. The molecule has 1 N–H and O–H groups in total. The van der Waals surface area contributed by atoms with Gasteiger partial charge in [0, 0.05) is 18.1 Å². The Balaban J connectivity index is 2.17. The monoisotopic (exact) mass is 203 g/mol. The first-order valence-electron chi connectivity index (χ1n) is 5.32. The van der Waals surface area contributed by atoms with Gasteiger partial charge >= 0.3 is 0 Å². The SMILES string of the molecule is O=C1C=C(C2C#CCCCCC2)C(=O)N1. The van der Waals surface area contributed by atoms with Gasteiger partial charge in [0.05, 0.1) is 5.92 Å². The van der Waals surface area contributed by atoms with E-state index in [1.54, 1.807) is 0 Å². The maximum absolute atomic E-state index is 11.4. The van der Waals surface area contributed by atoms with Gasteiger partial charge < -0.3 is 0 Å². The van der Waals surface area contributed by atoms with Crippen LogP contribution < -0.4 is 5.32 Å². The van der Waals surface area contributed by atoms with Crippen LogP contribution >= 0.6 is 0 Å².